The molecule has 0 amide bonds. The Labute approximate surface area is 188 Å². The SMILES string of the molecule is CN1CCN=C1c1ccc(-c2nc3ccc(Cl)cc3c(=O)n2-c2ccc(Cl)cn2)cc1. The fourth-order valence-electron chi connectivity index (χ4n) is 3.68. The van der Waals surface area contributed by atoms with Crippen LogP contribution in [0.5, 0.6) is 0 Å². The molecule has 0 bridgehead atoms. The van der Waals surface area contributed by atoms with Crippen LogP contribution in [0.1, 0.15) is 5.56 Å². The summed E-state index contributed by atoms with van der Waals surface area (Å²) in [5.41, 5.74) is 2.13. The number of rotatable bonds is 3. The zero-order valence-electron chi connectivity index (χ0n) is 16.6. The third-order valence-corrected chi connectivity index (χ3v) is 5.69. The second kappa shape index (κ2) is 7.80. The number of benzene rings is 2. The lowest BCUT2D eigenvalue weighted by Gasteiger charge is -2.15. The molecule has 0 spiro atoms. The molecule has 0 atom stereocenters. The molecule has 6 nitrogen and oxygen atoms in total. The van der Waals surface area contributed by atoms with Gasteiger partial charge in [0.15, 0.2) is 0 Å². The molecule has 2 aromatic heterocycles. The van der Waals surface area contributed by atoms with Crippen LogP contribution in [-0.2, 0) is 0 Å². The van der Waals surface area contributed by atoms with Gasteiger partial charge in [0.1, 0.15) is 17.5 Å². The average Bonchev–Trinajstić information content (AvgIpc) is 3.21. The van der Waals surface area contributed by atoms with Gasteiger partial charge in [-0.1, -0.05) is 47.5 Å². The van der Waals surface area contributed by atoms with Crippen molar-refractivity contribution in [3.05, 3.63) is 86.8 Å². The Bertz CT molecular complexity index is 1380. The van der Waals surface area contributed by atoms with Crippen LogP contribution in [0.25, 0.3) is 28.1 Å². The molecule has 0 saturated heterocycles. The lowest BCUT2D eigenvalue weighted by Crippen LogP contribution is -2.24. The number of amidine groups is 1. The zero-order chi connectivity index (χ0) is 21.5. The van der Waals surface area contributed by atoms with Crippen LogP contribution in [-0.4, -0.2) is 45.4 Å². The summed E-state index contributed by atoms with van der Waals surface area (Å²) in [4.78, 5) is 29.3. The summed E-state index contributed by atoms with van der Waals surface area (Å²) in [5, 5.41) is 1.38. The van der Waals surface area contributed by atoms with Crippen LogP contribution in [0.15, 0.2) is 70.6 Å². The zero-order valence-corrected chi connectivity index (χ0v) is 18.1. The number of hydrogen-bond donors (Lipinski definition) is 0. The van der Waals surface area contributed by atoms with E-state index in [1.165, 1.54) is 10.8 Å². The van der Waals surface area contributed by atoms with Gasteiger partial charge in [-0.3, -0.25) is 9.79 Å². The number of likely N-dealkylation sites (N-methyl/N-ethyl adjacent to an activating group) is 1. The third kappa shape index (κ3) is 3.58. The first-order chi connectivity index (χ1) is 15.0. The normalized spacial score (nSPS) is 13.6. The minimum Gasteiger partial charge on any atom is -0.358 e. The Morgan fingerprint density at radius 3 is 2.35 bits per heavy atom. The van der Waals surface area contributed by atoms with Crippen molar-refractivity contribution in [2.75, 3.05) is 20.1 Å². The summed E-state index contributed by atoms with van der Waals surface area (Å²) in [5.74, 6) is 1.88. The average molecular weight is 450 g/mol. The van der Waals surface area contributed by atoms with Gasteiger partial charge < -0.3 is 4.90 Å². The standard InChI is InChI=1S/C23H17Cl2N5O/c1-29-11-10-26-21(29)14-2-4-15(5-3-14)22-28-19-8-6-16(24)12-18(19)23(31)30(22)20-9-7-17(25)13-27-20/h2-9,12-13H,10-11H2,1H3. The highest BCUT2D eigenvalue weighted by Gasteiger charge is 2.18. The summed E-state index contributed by atoms with van der Waals surface area (Å²) >= 11 is 12.1. The van der Waals surface area contributed by atoms with Crippen molar-refractivity contribution < 1.29 is 0 Å². The van der Waals surface area contributed by atoms with Crippen molar-refractivity contribution in [1.82, 2.24) is 19.4 Å². The van der Waals surface area contributed by atoms with Crippen molar-refractivity contribution in [2.45, 2.75) is 0 Å². The number of aliphatic imine (C=N–C) groups is 1. The minimum atomic E-state index is -0.249. The molecule has 0 saturated carbocycles. The molecule has 4 aromatic rings. The molecular formula is C23H17Cl2N5O. The predicted molar refractivity (Wildman–Crippen MR) is 125 cm³/mol. The largest absolute Gasteiger partial charge is 0.358 e. The van der Waals surface area contributed by atoms with E-state index in [4.69, 9.17) is 28.2 Å². The first-order valence-corrected chi connectivity index (χ1v) is 10.5. The van der Waals surface area contributed by atoms with Crippen molar-refractivity contribution in [2.24, 2.45) is 4.99 Å². The van der Waals surface area contributed by atoms with E-state index < -0.39 is 0 Å². The van der Waals surface area contributed by atoms with Crippen LogP contribution in [0.4, 0.5) is 0 Å². The molecule has 31 heavy (non-hydrogen) atoms. The van der Waals surface area contributed by atoms with Crippen molar-refractivity contribution in [1.29, 1.82) is 0 Å². The Balaban J connectivity index is 1.72. The minimum absolute atomic E-state index is 0.249. The number of aromatic nitrogens is 3. The molecule has 5 rings (SSSR count). The van der Waals surface area contributed by atoms with Gasteiger partial charge in [-0.05, 0) is 30.3 Å². The van der Waals surface area contributed by atoms with Crippen LogP contribution < -0.4 is 5.56 Å². The number of halogens is 2. The van der Waals surface area contributed by atoms with E-state index in [1.54, 1.807) is 30.3 Å². The maximum absolute atomic E-state index is 13.4. The highest BCUT2D eigenvalue weighted by Crippen LogP contribution is 2.24. The van der Waals surface area contributed by atoms with Crippen molar-refractivity contribution in [3.63, 3.8) is 0 Å². The van der Waals surface area contributed by atoms with Gasteiger partial charge in [0.05, 0.1) is 22.5 Å². The molecular weight excluding hydrogens is 433 g/mol. The summed E-state index contributed by atoms with van der Waals surface area (Å²) < 4.78 is 1.49. The summed E-state index contributed by atoms with van der Waals surface area (Å²) in [6.07, 6.45) is 1.51. The smallest absolute Gasteiger partial charge is 0.267 e. The molecule has 2 aromatic carbocycles. The van der Waals surface area contributed by atoms with Gasteiger partial charge in [-0.15, -0.1) is 0 Å². The monoisotopic (exact) mass is 449 g/mol. The summed E-state index contributed by atoms with van der Waals surface area (Å²) in [6, 6.07) is 16.4. The Morgan fingerprint density at radius 1 is 0.935 bits per heavy atom. The highest BCUT2D eigenvalue weighted by molar-refractivity contribution is 6.31. The Hall–Kier alpha value is -3.22. The first kappa shape index (κ1) is 19.7. The van der Waals surface area contributed by atoms with E-state index in [1.807, 2.05) is 31.3 Å². The quantitative estimate of drug-likeness (QED) is 0.463. The van der Waals surface area contributed by atoms with Gasteiger partial charge in [-0.2, -0.15) is 0 Å². The number of pyridine rings is 1. The van der Waals surface area contributed by atoms with E-state index in [0.717, 1.165) is 30.1 Å². The van der Waals surface area contributed by atoms with Crippen molar-refractivity contribution in [3.8, 4) is 17.2 Å². The van der Waals surface area contributed by atoms with E-state index in [0.29, 0.717) is 32.6 Å². The number of hydrogen-bond acceptors (Lipinski definition) is 5. The van der Waals surface area contributed by atoms with Gasteiger partial charge in [0, 0.05) is 35.9 Å². The fraction of sp³-hybridized carbons (Fsp3) is 0.130. The molecule has 0 unspecified atom stereocenters. The van der Waals surface area contributed by atoms with Crippen LogP contribution >= 0.6 is 23.2 Å². The molecule has 0 N–H and O–H groups in total. The highest BCUT2D eigenvalue weighted by atomic mass is 35.5. The number of nitrogens with zero attached hydrogens (tertiary/aromatic N) is 5. The molecule has 0 aliphatic carbocycles. The molecule has 154 valence electrons. The molecule has 0 fully saturated rings. The molecule has 3 heterocycles. The fourth-order valence-corrected chi connectivity index (χ4v) is 3.96. The maximum Gasteiger partial charge on any atom is 0.267 e. The summed E-state index contributed by atoms with van der Waals surface area (Å²) in [7, 11) is 2.03. The first-order valence-electron chi connectivity index (χ1n) is 9.72. The molecule has 1 aliphatic rings. The van der Waals surface area contributed by atoms with E-state index in [-0.39, 0.29) is 5.56 Å². The van der Waals surface area contributed by atoms with E-state index in [2.05, 4.69) is 14.9 Å². The van der Waals surface area contributed by atoms with Gasteiger partial charge in [-0.25, -0.2) is 14.5 Å². The van der Waals surface area contributed by atoms with Gasteiger partial charge in [0.25, 0.3) is 5.56 Å². The van der Waals surface area contributed by atoms with Crippen LogP contribution in [0, 0.1) is 0 Å². The van der Waals surface area contributed by atoms with Crippen LogP contribution in [0.2, 0.25) is 10.0 Å². The second-order valence-corrected chi connectivity index (χ2v) is 8.15. The Kier molecular flexibility index (Phi) is 4.96. The third-order valence-electron chi connectivity index (χ3n) is 5.23. The lowest BCUT2D eigenvalue weighted by atomic mass is 10.1. The predicted octanol–water partition coefficient (Wildman–Crippen LogP) is 4.45. The van der Waals surface area contributed by atoms with E-state index in [9.17, 15) is 4.79 Å². The molecule has 1 aliphatic heterocycles. The summed E-state index contributed by atoms with van der Waals surface area (Å²) in [6.45, 7) is 1.71. The molecule has 8 heteroatoms. The lowest BCUT2D eigenvalue weighted by molar-refractivity contribution is 0.557. The van der Waals surface area contributed by atoms with Gasteiger partial charge in [0.2, 0.25) is 0 Å². The van der Waals surface area contributed by atoms with Gasteiger partial charge >= 0.3 is 0 Å². The topological polar surface area (TPSA) is 63.4 Å². The second-order valence-electron chi connectivity index (χ2n) is 7.28. The van der Waals surface area contributed by atoms with Crippen LogP contribution in [0.3, 0.4) is 0 Å². The van der Waals surface area contributed by atoms with E-state index >= 15 is 0 Å². The van der Waals surface area contributed by atoms with Crippen molar-refractivity contribution >= 4 is 39.9 Å². The maximum atomic E-state index is 13.4. The Morgan fingerprint density at radius 2 is 1.68 bits per heavy atom. The number of fused-ring (bicyclic) bond motifs is 1. The molecule has 0 radical (unpaired) electrons.